The largest absolute Gasteiger partial charge is 0.380 e. The summed E-state index contributed by atoms with van der Waals surface area (Å²) in [5, 5.41) is 13.1. The van der Waals surface area contributed by atoms with Crippen LogP contribution in [0.3, 0.4) is 0 Å². The maximum absolute atomic E-state index is 5.13. The zero-order chi connectivity index (χ0) is 52.4. The Balaban J connectivity index is -0.0000000757. The molecule has 6 aliphatic rings. The van der Waals surface area contributed by atoms with Gasteiger partial charge in [0.1, 0.15) is 0 Å². The molecule has 65 heavy (non-hydrogen) atoms. The molecule has 0 spiro atoms. The molecule has 3 aliphatic carbocycles. The summed E-state index contributed by atoms with van der Waals surface area (Å²) >= 11 is 0. The zero-order valence-electron chi connectivity index (χ0n) is 51.2. The molecule has 3 aliphatic heterocycles. The van der Waals surface area contributed by atoms with Gasteiger partial charge < -0.3 is 26.0 Å². The van der Waals surface area contributed by atoms with Gasteiger partial charge in [-0.3, -0.25) is 0 Å². The first-order valence-corrected chi connectivity index (χ1v) is 29.5. The molecule has 0 aromatic carbocycles. The lowest BCUT2D eigenvalue weighted by atomic mass is 10.0. The molecule has 3 saturated heterocycles. The number of hydrogen-bond donors (Lipinski definition) is 4. The second-order valence-electron chi connectivity index (χ2n) is 20.0. The van der Waals surface area contributed by atoms with E-state index in [-0.39, 0.29) is 0 Å². The van der Waals surface area contributed by atoms with Gasteiger partial charge in [0.15, 0.2) is 0 Å². The smallest absolute Gasteiger partial charge is 0.0590 e. The van der Waals surface area contributed by atoms with Crippen molar-refractivity contribution < 1.29 is 4.74 Å². The Kier molecular flexibility index (Phi) is 113. The average molecular weight is 936 g/mol. The van der Waals surface area contributed by atoms with E-state index < -0.39 is 0 Å². The Hall–Kier alpha value is -0.200. The molecule has 5 nitrogen and oxygen atoms in total. The first-order valence-electron chi connectivity index (χ1n) is 29.5. The van der Waals surface area contributed by atoms with Crippen molar-refractivity contribution in [3.05, 3.63) is 0 Å². The van der Waals surface area contributed by atoms with Crippen LogP contribution in [0.4, 0.5) is 0 Å². The van der Waals surface area contributed by atoms with Gasteiger partial charge in [-0.1, -0.05) is 257 Å². The molecule has 0 radical (unpaired) electrons. The second-order valence-corrected chi connectivity index (χ2v) is 20.0. The van der Waals surface area contributed by atoms with Crippen LogP contribution in [0.1, 0.15) is 289 Å². The average Bonchev–Trinajstić information content (AvgIpc) is 3.61. The van der Waals surface area contributed by atoms with Crippen molar-refractivity contribution in [1.82, 2.24) is 21.3 Å². The van der Waals surface area contributed by atoms with E-state index in [9.17, 15) is 0 Å². The predicted octanol–water partition coefficient (Wildman–Crippen LogP) is 19.1. The van der Waals surface area contributed by atoms with Crippen LogP contribution in [0.5, 0.6) is 0 Å². The van der Waals surface area contributed by atoms with Gasteiger partial charge in [-0.2, -0.15) is 0 Å². The summed E-state index contributed by atoms with van der Waals surface area (Å²) < 4.78 is 5.13. The minimum atomic E-state index is 0.833. The van der Waals surface area contributed by atoms with Crippen LogP contribution < -0.4 is 21.3 Å². The van der Waals surface area contributed by atoms with Crippen molar-refractivity contribution in [2.45, 2.75) is 289 Å². The van der Waals surface area contributed by atoms with Gasteiger partial charge in [0, 0.05) is 26.2 Å². The SMILES string of the molecule is C1CC2CCC1C2.C1CCCCCC1.C1CCCNCC1.C1CNCCNC1.C1CNCCOC1.CC.CC.CC.CC.CC.CC(C)C.CC(C)C.CC(C)C.CC(C)C.CC(C)C. The van der Waals surface area contributed by atoms with E-state index >= 15 is 0 Å². The highest BCUT2D eigenvalue weighted by molar-refractivity contribution is 4.82. The molecule has 408 valence electrons. The molecule has 5 heteroatoms. The molecule has 6 rings (SSSR count). The van der Waals surface area contributed by atoms with Gasteiger partial charge >= 0.3 is 0 Å². The fourth-order valence-electron chi connectivity index (χ4n) is 5.83. The van der Waals surface area contributed by atoms with Crippen molar-refractivity contribution in [3.63, 3.8) is 0 Å². The third-order valence-corrected chi connectivity index (χ3v) is 8.09. The Morgan fingerprint density at radius 3 is 0.738 bits per heavy atom. The monoisotopic (exact) mass is 935 g/mol. The van der Waals surface area contributed by atoms with Gasteiger partial charge in [0.25, 0.3) is 0 Å². The van der Waals surface area contributed by atoms with Crippen molar-refractivity contribution in [2.24, 2.45) is 41.4 Å². The lowest BCUT2D eigenvalue weighted by molar-refractivity contribution is 0.151. The van der Waals surface area contributed by atoms with Gasteiger partial charge in [0.05, 0.1) is 6.61 Å². The van der Waals surface area contributed by atoms with Crippen LogP contribution in [0.2, 0.25) is 0 Å². The van der Waals surface area contributed by atoms with Gasteiger partial charge in [-0.05, 0) is 106 Å². The van der Waals surface area contributed by atoms with Crippen molar-refractivity contribution in [2.75, 3.05) is 65.6 Å². The summed E-state index contributed by atoms with van der Waals surface area (Å²) in [6.07, 6.45) is 26.4. The highest BCUT2D eigenvalue weighted by Crippen LogP contribution is 2.43. The quantitative estimate of drug-likeness (QED) is 0.182. The van der Waals surface area contributed by atoms with E-state index in [1.807, 2.05) is 69.2 Å². The molecule has 0 aromatic heterocycles. The summed E-state index contributed by atoms with van der Waals surface area (Å²) in [5.41, 5.74) is 0. The van der Waals surface area contributed by atoms with E-state index in [1.165, 1.54) is 121 Å². The molecule has 4 N–H and O–H groups in total. The normalized spacial score (nSPS) is 18.7. The maximum Gasteiger partial charge on any atom is 0.0590 e. The molecule has 0 atom stereocenters. The summed E-state index contributed by atoms with van der Waals surface area (Å²) in [5.74, 6) is 6.51. The van der Waals surface area contributed by atoms with Crippen molar-refractivity contribution in [3.8, 4) is 0 Å². The molecular weight excluding hydrogens is 793 g/mol. The highest BCUT2D eigenvalue weighted by atomic mass is 16.5. The zero-order valence-corrected chi connectivity index (χ0v) is 51.2. The van der Waals surface area contributed by atoms with E-state index in [0.717, 1.165) is 69.0 Å². The van der Waals surface area contributed by atoms with Crippen LogP contribution >= 0.6 is 0 Å². The molecular formula is C60H142N4O. The fourth-order valence-corrected chi connectivity index (χ4v) is 5.83. The van der Waals surface area contributed by atoms with Crippen LogP contribution in [0.25, 0.3) is 0 Å². The molecule has 6 fully saturated rings. The van der Waals surface area contributed by atoms with Crippen LogP contribution in [0, 0.1) is 41.4 Å². The summed E-state index contributed by atoms with van der Waals surface area (Å²) in [6, 6.07) is 0. The third-order valence-electron chi connectivity index (χ3n) is 8.09. The summed E-state index contributed by atoms with van der Waals surface area (Å²) in [4.78, 5) is 0. The predicted molar refractivity (Wildman–Crippen MR) is 312 cm³/mol. The van der Waals surface area contributed by atoms with E-state index in [1.54, 1.807) is 32.1 Å². The standard InChI is InChI=1S/C7H12.C7H14.C6H13N.C5H12N2.C5H11NO.5C4H10.5C2H6/c1-2-7-4-3-6(1)5-7;2*1-2-4-6-7-5-3-1;1-2-6-4-5-7-3-1;1-2-6-3-5-7-4-1;5*1-4(2)3;5*1-2/h6-7H,1-5H2;1-7H2;7H,1-6H2;6-7H,1-5H2;6H,1-5H2;5*4H,1-3H3;5*1-2H3. The third kappa shape index (κ3) is 139. The topological polar surface area (TPSA) is 57.3 Å². The Morgan fingerprint density at radius 1 is 0.262 bits per heavy atom. The Labute approximate surface area is 420 Å². The van der Waals surface area contributed by atoms with Gasteiger partial charge in [0.2, 0.25) is 0 Å². The fraction of sp³-hybridized carbons (Fsp3) is 1.00. The molecule has 3 heterocycles. The Bertz CT molecular complexity index is 439. The highest BCUT2D eigenvalue weighted by Gasteiger charge is 2.30. The Morgan fingerprint density at radius 2 is 0.477 bits per heavy atom. The van der Waals surface area contributed by atoms with Crippen LogP contribution in [-0.2, 0) is 4.74 Å². The van der Waals surface area contributed by atoms with Crippen molar-refractivity contribution >= 4 is 0 Å². The lowest BCUT2D eigenvalue weighted by Crippen LogP contribution is -2.21. The summed E-state index contributed by atoms with van der Waals surface area (Å²) in [6.45, 7) is 63.6. The van der Waals surface area contributed by atoms with Crippen LogP contribution in [0.15, 0.2) is 0 Å². The van der Waals surface area contributed by atoms with Gasteiger partial charge in [-0.15, -0.1) is 0 Å². The maximum atomic E-state index is 5.13. The summed E-state index contributed by atoms with van der Waals surface area (Å²) in [7, 11) is 0. The lowest BCUT2D eigenvalue weighted by Gasteiger charge is -2.05. The van der Waals surface area contributed by atoms with E-state index in [0.29, 0.717) is 0 Å². The minimum Gasteiger partial charge on any atom is -0.380 e. The molecule has 3 saturated carbocycles. The van der Waals surface area contributed by atoms with Gasteiger partial charge in [-0.25, -0.2) is 0 Å². The molecule has 0 aromatic rings. The van der Waals surface area contributed by atoms with E-state index in [4.69, 9.17) is 4.74 Å². The first-order chi connectivity index (χ1) is 31.1. The molecule has 0 unspecified atom stereocenters. The van der Waals surface area contributed by atoms with E-state index in [2.05, 4.69) is 125 Å². The minimum absolute atomic E-state index is 0.833. The molecule has 0 amide bonds. The first kappa shape index (κ1) is 84.7. The molecule has 2 bridgehead atoms. The number of hydrogen-bond acceptors (Lipinski definition) is 5. The number of ether oxygens (including phenoxy) is 1. The number of rotatable bonds is 0. The second kappa shape index (κ2) is 86.9. The van der Waals surface area contributed by atoms with Crippen molar-refractivity contribution in [1.29, 1.82) is 0 Å². The number of nitrogens with one attached hydrogen (secondary N) is 4. The van der Waals surface area contributed by atoms with Crippen LogP contribution in [-0.4, -0.2) is 65.6 Å². The number of fused-ring (bicyclic) bond motifs is 2.